The van der Waals surface area contributed by atoms with Gasteiger partial charge in [-0.2, -0.15) is 0 Å². The molecular weight excluding hydrogens is 196 g/mol. The Morgan fingerprint density at radius 1 is 1.06 bits per heavy atom. The molecule has 2 aliphatic carbocycles. The molecule has 1 unspecified atom stereocenters. The Morgan fingerprint density at radius 2 is 1.88 bits per heavy atom. The van der Waals surface area contributed by atoms with Gasteiger partial charge in [0.1, 0.15) is 0 Å². The van der Waals surface area contributed by atoms with Crippen LogP contribution in [0.2, 0.25) is 0 Å². The summed E-state index contributed by atoms with van der Waals surface area (Å²) in [5, 5.41) is 0. The second kappa shape index (κ2) is 3.73. The van der Waals surface area contributed by atoms with Gasteiger partial charge >= 0.3 is 0 Å². The van der Waals surface area contributed by atoms with E-state index in [4.69, 9.17) is 4.74 Å². The lowest BCUT2D eigenvalue weighted by atomic mass is 9.53. The van der Waals surface area contributed by atoms with Gasteiger partial charge in [-0.15, -0.1) is 0 Å². The van der Waals surface area contributed by atoms with Gasteiger partial charge in [0, 0.05) is 6.61 Å². The van der Waals surface area contributed by atoms with Gasteiger partial charge in [0.25, 0.3) is 0 Å². The summed E-state index contributed by atoms with van der Waals surface area (Å²) in [5.41, 5.74) is 0.600. The van der Waals surface area contributed by atoms with Crippen LogP contribution in [0, 0.1) is 29.1 Å². The van der Waals surface area contributed by atoms with Gasteiger partial charge in [0.15, 0.2) is 0 Å². The molecule has 1 heteroatoms. The molecule has 0 spiro atoms. The summed E-state index contributed by atoms with van der Waals surface area (Å²) in [7, 11) is 0. The third-order valence-electron chi connectivity index (χ3n) is 5.93. The fourth-order valence-corrected chi connectivity index (χ4v) is 5.02. The predicted octanol–water partition coefficient (Wildman–Crippen LogP) is 3.87. The fraction of sp³-hybridized carbons (Fsp3) is 1.00. The SMILES string of the molecule is CC1CO[C@@H]2[C@@H]3[C@@H](C)CCC[C@]3(C)CC[C@H]12. The van der Waals surface area contributed by atoms with Crippen LogP contribution in [0.5, 0.6) is 0 Å². The van der Waals surface area contributed by atoms with Crippen molar-refractivity contribution in [2.24, 2.45) is 29.1 Å². The van der Waals surface area contributed by atoms with E-state index < -0.39 is 0 Å². The zero-order valence-electron chi connectivity index (χ0n) is 11.0. The van der Waals surface area contributed by atoms with E-state index in [-0.39, 0.29) is 0 Å². The molecule has 0 radical (unpaired) electrons. The lowest BCUT2D eigenvalue weighted by Gasteiger charge is -2.53. The minimum absolute atomic E-state index is 0.600. The van der Waals surface area contributed by atoms with E-state index >= 15 is 0 Å². The van der Waals surface area contributed by atoms with E-state index in [0.717, 1.165) is 30.3 Å². The number of rotatable bonds is 0. The molecule has 2 saturated carbocycles. The van der Waals surface area contributed by atoms with Crippen molar-refractivity contribution in [3.8, 4) is 0 Å². The Balaban J connectivity index is 1.89. The summed E-state index contributed by atoms with van der Waals surface area (Å²) < 4.78 is 6.17. The van der Waals surface area contributed by atoms with Gasteiger partial charge in [0.05, 0.1) is 6.10 Å². The topological polar surface area (TPSA) is 9.23 Å². The maximum Gasteiger partial charge on any atom is 0.0642 e. The molecule has 16 heavy (non-hydrogen) atoms. The van der Waals surface area contributed by atoms with Gasteiger partial charge in [-0.3, -0.25) is 0 Å². The van der Waals surface area contributed by atoms with Crippen LogP contribution in [-0.2, 0) is 4.74 Å². The van der Waals surface area contributed by atoms with Crippen LogP contribution in [0.4, 0.5) is 0 Å². The van der Waals surface area contributed by atoms with Crippen molar-refractivity contribution in [2.75, 3.05) is 6.61 Å². The minimum Gasteiger partial charge on any atom is -0.377 e. The van der Waals surface area contributed by atoms with Crippen LogP contribution < -0.4 is 0 Å². The lowest BCUT2D eigenvalue weighted by molar-refractivity contribution is -0.0953. The van der Waals surface area contributed by atoms with Gasteiger partial charge in [-0.25, -0.2) is 0 Å². The molecular formula is C15H26O. The highest BCUT2D eigenvalue weighted by Crippen LogP contribution is 2.57. The maximum absolute atomic E-state index is 6.17. The molecule has 3 fully saturated rings. The van der Waals surface area contributed by atoms with Crippen molar-refractivity contribution in [2.45, 2.75) is 59.0 Å². The van der Waals surface area contributed by atoms with Crippen LogP contribution in [0.25, 0.3) is 0 Å². The summed E-state index contributed by atoms with van der Waals surface area (Å²) in [6.07, 6.45) is 7.80. The van der Waals surface area contributed by atoms with Crippen molar-refractivity contribution >= 4 is 0 Å². The molecule has 0 aromatic carbocycles. The summed E-state index contributed by atoms with van der Waals surface area (Å²) in [6, 6.07) is 0. The first-order chi connectivity index (χ1) is 7.62. The van der Waals surface area contributed by atoms with E-state index in [0.29, 0.717) is 11.5 Å². The highest BCUT2D eigenvalue weighted by molar-refractivity contribution is 5.02. The molecule has 0 aromatic rings. The molecule has 1 saturated heterocycles. The van der Waals surface area contributed by atoms with E-state index in [1.807, 2.05) is 0 Å². The smallest absolute Gasteiger partial charge is 0.0642 e. The minimum atomic E-state index is 0.600. The monoisotopic (exact) mass is 222 g/mol. The highest BCUT2D eigenvalue weighted by atomic mass is 16.5. The van der Waals surface area contributed by atoms with Crippen LogP contribution in [0.1, 0.15) is 52.9 Å². The lowest BCUT2D eigenvalue weighted by Crippen LogP contribution is -2.49. The molecule has 0 aromatic heterocycles. The first-order valence-corrected chi connectivity index (χ1v) is 7.23. The Bertz CT molecular complexity index is 275. The van der Waals surface area contributed by atoms with Crippen molar-refractivity contribution in [1.82, 2.24) is 0 Å². The average Bonchev–Trinajstić information content (AvgIpc) is 2.59. The molecule has 0 bridgehead atoms. The van der Waals surface area contributed by atoms with Gasteiger partial charge < -0.3 is 4.74 Å². The predicted molar refractivity (Wildman–Crippen MR) is 66.2 cm³/mol. The molecule has 3 rings (SSSR count). The van der Waals surface area contributed by atoms with Crippen LogP contribution in [0.15, 0.2) is 0 Å². The standard InChI is InChI=1S/C15H26O/c1-10-5-4-7-15(3)8-6-12-11(2)9-16-14(12)13(10)15/h10-14H,4-9H2,1-3H3/t10-,11?,12+,13-,14-,15+/m0/s1. The fourth-order valence-electron chi connectivity index (χ4n) is 5.02. The molecule has 1 aliphatic heterocycles. The molecule has 6 atom stereocenters. The van der Waals surface area contributed by atoms with E-state index in [1.54, 1.807) is 0 Å². The average molecular weight is 222 g/mol. The molecule has 0 amide bonds. The molecule has 1 heterocycles. The second-order valence-corrected chi connectivity index (χ2v) is 7.03. The largest absolute Gasteiger partial charge is 0.377 e. The quantitative estimate of drug-likeness (QED) is 0.604. The molecule has 0 N–H and O–H groups in total. The van der Waals surface area contributed by atoms with E-state index in [9.17, 15) is 0 Å². The summed E-state index contributed by atoms with van der Waals surface area (Å²) >= 11 is 0. The second-order valence-electron chi connectivity index (χ2n) is 7.03. The molecule has 92 valence electrons. The van der Waals surface area contributed by atoms with Crippen LogP contribution in [-0.4, -0.2) is 12.7 Å². The zero-order chi connectivity index (χ0) is 11.3. The highest BCUT2D eigenvalue weighted by Gasteiger charge is 2.53. The zero-order valence-corrected chi connectivity index (χ0v) is 11.0. The van der Waals surface area contributed by atoms with Crippen molar-refractivity contribution in [1.29, 1.82) is 0 Å². The van der Waals surface area contributed by atoms with E-state index in [1.165, 1.54) is 32.1 Å². The molecule has 3 aliphatic rings. The van der Waals surface area contributed by atoms with Crippen molar-refractivity contribution < 1.29 is 4.74 Å². The summed E-state index contributed by atoms with van der Waals surface area (Å²) in [6.45, 7) is 8.42. The first kappa shape index (κ1) is 11.1. The van der Waals surface area contributed by atoms with Gasteiger partial charge in [0.2, 0.25) is 0 Å². The number of hydrogen-bond donors (Lipinski definition) is 0. The van der Waals surface area contributed by atoms with E-state index in [2.05, 4.69) is 20.8 Å². The Hall–Kier alpha value is -0.0400. The Kier molecular flexibility index (Phi) is 2.58. The van der Waals surface area contributed by atoms with Crippen LogP contribution in [0.3, 0.4) is 0 Å². The maximum atomic E-state index is 6.17. The van der Waals surface area contributed by atoms with Gasteiger partial charge in [-0.1, -0.05) is 33.6 Å². The third kappa shape index (κ3) is 1.47. The van der Waals surface area contributed by atoms with Crippen molar-refractivity contribution in [3.05, 3.63) is 0 Å². The number of fused-ring (bicyclic) bond motifs is 3. The summed E-state index contributed by atoms with van der Waals surface area (Å²) in [4.78, 5) is 0. The first-order valence-electron chi connectivity index (χ1n) is 7.23. The normalized spacial score (nSPS) is 56.8. The number of ether oxygens (including phenoxy) is 1. The van der Waals surface area contributed by atoms with Crippen molar-refractivity contribution in [3.63, 3.8) is 0 Å². The Morgan fingerprint density at radius 3 is 2.69 bits per heavy atom. The van der Waals surface area contributed by atoms with Gasteiger partial charge in [-0.05, 0) is 48.3 Å². The third-order valence-corrected chi connectivity index (χ3v) is 5.93. The molecule has 1 nitrogen and oxygen atoms in total. The Labute approximate surface area is 99.9 Å². The summed E-state index contributed by atoms with van der Waals surface area (Å²) in [5.74, 6) is 3.42. The number of hydrogen-bond acceptors (Lipinski definition) is 1. The van der Waals surface area contributed by atoms with Crippen LogP contribution >= 0.6 is 0 Å².